The summed E-state index contributed by atoms with van der Waals surface area (Å²) in [5, 5.41) is 2.90. The van der Waals surface area contributed by atoms with Crippen LogP contribution in [0.3, 0.4) is 0 Å². The average molecular weight is 1250 g/mol. The van der Waals surface area contributed by atoms with Gasteiger partial charge in [-0.05, 0) is 109 Å². The van der Waals surface area contributed by atoms with Crippen molar-refractivity contribution in [2.24, 2.45) is 0 Å². The van der Waals surface area contributed by atoms with Crippen LogP contribution in [0.15, 0.2) is 235 Å². The van der Waals surface area contributed by atoms with Crippen molar-refractivity contribution < 1.29 is 58.0 Å². The number of fused-ring (bicyclic) bond motifs is 10. The van der Waals surface area contributed by atoms with E-state index in [4.69, 9.17) is 31.8 Å². The molecular formula is C72H47BN4O4Pt-2. The van der Waals surface area contributed by atoms with Gasteiger partial charge >= 0.3 is 0 Å². The average Bonchev–Trinajstić information content (AvgIpc) is 1.37. The van der Waals surface area contributed by atoms with Crippen LogP contribution in [0.1, 0.15) is 40.0 Å². The molecule has 0 saturated heterocycles. The predicted molar refractivity (Wildman–Crippen MR) is 322 cm³/mol. The van der Waals surface area contributed by atoms with Gasteiger partial charge in [0.05, 0.1) is 30.4 Å². The van der Waals surface area contributed by atoms with Gasteiger partial charge in [0.15, 0.2) is 0 Å². The molecule has 0 unspecified atom stereocenters. The Morgan fingerprint density at radius 2 is 1.29 bits per heavy atom. The first-order valence-electron chi connectivity index (χ1n) is 31.5. The molecule has 2 aliphatic heterocycles. The van der Waals surface area contributed by atoms with Crippen molar-refractivity contribution in [3.63, 3.8) is 0 Å². The van der Waals surface area contributed by atoms with Gasteiger partial charge < -0.3 is 27.8 Å². The summed E-state index contributed by atoms with van der Waals surface area (Å²) in [5.41, 5.74) is 8.64. The predicted octanol–water partition coefficient (Wildman–Crippen LogP) is 15.4. The minimum Gasteiger partial charge on any atom is -0.510 e. The summed E-state index contributed by atoms with van der Waals surface area (Å²) in [4.78, 5) is 4.85. The number of imidazole rings is 1. The van der Waals surface area contributed by atoms with E-state index in [-0.39, 0.29) is 61.1 Å². The molecule has 6 heterocycles. The van der Waals surface area contributed by atoms with E-state index in [1.54, 1.807) is 33.4 Å². The van der Waals surface area contributed by atoms with Crippen LogP contribution in [0.5, 0.6) is 34.7 Å². The van der Waals surface area contributed by atoms with E-state index in [2.05, 4.69) is 68.1 Å². The molecule has 0 fully saturated rings. The second-order valence-electron chi connectivity index (χ2n) is 21.1. The van der Waals surface area contributed by atoms with Gasteiger partial charge in [-0.2, -0.15) is 18.2 Å². The van der Waals surface area contributed by atoms with Crippen molar-refractivity contribution in [1.29, 1.82) is 0 Å². The Morgan fingerprint density at radius 3 is 2.09 bits per heavy atom. The maximum Gasteiger partial charge on any atom is 0.285 e. The molecule has 394 valence electrons. The minimum atomic E-state index is -0.605. The second kappa shape index (κ2) is 19.3. The van der Waals surface area contributed by atoms with Crippen molar-refractivity contribution in [1.82, 2.24) is 14.1 Å². The quantitative estimate of drug-likeness (QED) is 0.0861. The smallest absolute Gasteiger partial charge is 0.285 e. The number of hydrogen-bond acceptors (Lipinski definition) is 5. The zero-order valence-electron chi connectivity index (χ0n) is 54.0. The summed E-state index contributed by atoms with van der Waals surface area (Å²) in [6.45, 7) is 6.21. The van der Waals surface area contributed by atoms with E-state index in [0.717, 1.165) is 55.0 Å². The number of hydrogen-bond donors (Lipinski definition) is 0. The van der Waals surface area contributed by atoms with Gasteiger partial charge in [-0.15, -0.1) is 29.7 Å². The number of benzene rings is 10. The van der Waals surface area contributed by atoms with E-state index in [1.807, 2.05) is 121 Å². The minimum absolute atomic E-state index is 0. The summed E-state index contributed by atoms with van der Waals surface area (Å²) in [6.07, 6.45) is 5.36. The van der Waals surface area contributed by atoms with Gasteiger partial charge in [-0.1, -0.05) is 172 Å². The fourth-order valence-corrected chi connectivity index (χ4v) is 11.6. The molecule has 16 rings (SSSR count). The molecule has 10 heteroatoms. The molecular weight excluding hydrogens is 1190 g/mol. The van der Waals surface area contributed by atoms with E-state index >= 15 is 0 Å². The monoisotopic (exact) mass is 1250 g/mol. The molecule has 0 radical (unpaired) electrons. The molecule has 2 aliphatic rings. The summed E-state index contributed by atoms with van der Waals surface area (Å²) < 4.78 is 122. The van der Waals surface area contributed by atoms with E-state index < -0.39 is 60.4 Å². The standard InChI is InChI=1S/C72H47BN4O4.Pt/c1-72(2,3)49-36-37-74-67(41-49)77-59-29-13-10-24-55(59)56-34-33-52(43-61(56)77)78-51-23-16-22-50(42-51)75-44-76(70-53(45-18-6-4-7-19-45)26-17-27-54(70)46-20-8-5-9-21-46)62-38-47(32-35-60(62)75)48-39-65-69-66(40-48)81-71-68(57-25-11-14-30-63(57)80-71)73(69)58-28-12-15-31-64(58)79-65;/h4-41H,1-3H3;/q-2;/i4D,5D,6D,7D,8D,9D,18D,19D,20D,21D;. The Morgan fingerprint density at radius 1 is 0.585 bits per heavy atom. The Hall–Kier alpha value is -9.69. The summed E-state index contributed by atoms with van der Waals surface area (Å²) >= 11 is 0. The molecule has 0 aliphatic carbocycles. The molecule has 0 N–H and O–H groups in total. The third-order valence-electron chi connectivity index (χ3n) is 15.3. The van der Waals surface area contributed by atoms with Gasteiger partial charge in [0.1, 0.15) is 28.6 Å². The van der Waals surface area contributed by atoms with E-state index in [0.29, 0.717) is 68.1 Å². The number of nitrogens with zero attached hydrogens (tertiary/aromatic N) is 4. The molecule has 0 bridgehead atoms. The third-order valence-corrected chi connectivity index (χ3v) is 15.3. The molecule has 4 aromatic heterocycles. The zero-order chi connectivity index (χ0) is 62.6. The summed E-state index contributed by atoms with van der Waals surface area (Å²) in [5.74, 6) is 3.57. The number of pyridine rings is 1. The number of furan rings is 1. The molecule has 0 amide bonds. The van der Waals surface area contributed by atoms with Gasteiger partial charge in [-0.25, -0.2) is 4.98 Å². The number of rotatable bonds is 8. The van der Waals surface area contributed by atoms with Crippen LogP contribution in [0.4, 0.5) is 0 Å². The number of para-hydroxylation sites is 4. The SMILES string of the molecule is [2H]c1c([2H])c([2H])c(-c2cccc(-c3c([2H])c([2H])c([2H])c([2H])c3[2H])c2-[n+]2[c-]n(-c3[c-]c(Oc4[c-]c5c(cc4)c4ccccc4n5-c4cc(C(C)(C)C)ccn4)ccc3)c3ccc(-c4cc5c6c(c4)Oc4oc7ccccc7c4B6c4ccccc4O5)cc32)c([2H])c1[2H].[Pt]. The van der Waals surface area contributed by atoms with Crippen molar-refractivity contribution in [3.8, 4) is 85.3 Å². The molecule has 8 nitrogen and oxygen atoms in total. The molecule has 82 heavy (non-hydrogen) atoms. The number of aromatic nitrogens is 4. The Bertz CT molecular complexity index is 5360. The van der Waals surface area contributed by atoms with Crippen molar-refractivity contribution >= 4 is 66.9 Å². The zero-order valence-corrected chi connectivity index (χ0v) is 46.3. The van der Waals surface area contributed by atoms with Crippen LogP contribution in [-0.4, -0.2) is 20.8 Å². The van der Waals surface area contributed by atoms with Crippen molar-refractivity contribution in [2.45, 2.75) is 26.2 Å². The van der Waals surface area contributed by atoms with Crippen LogP contribution in [0.25, 0.3) is 94.4 Å². The van der Waals surface area contributed by atoms with Gasteiger partial charge in [0.25, 0.3) is 19.0 Å². The Balaban J connectivity index is 0.00000702. The van der Waals surface area contributed by atoms with Gasteiger partial charge in [0, 0.05) is 60.6 Å². The molecule has 10 aromatic carbocycles. The second-order valence-corrected chi connectivity index (χ2v) is 21.1. The first-order valence-corrected chi connectivity index (χ1v) is 26.5. The summed E-state index contributed by atoms with van der Waals surface area (Å²) in [6, 6.07) is 53.0. The van der Waals surface area contributed by atoms with Crippen LogP contribution in [0, 0.1) is 18.5 Å². The maximum absolute atomic E-state index is 9.36. The first-order chi connectivity index (χ1) is 43.9. The van der Waals surface area contributed by atoms with E-state index in [1.165, 1.54) is 0 Å². The summed E-state index contributed by atoms with van der Waals surface area (Å²) in [7, 11) is 0. The maximum atomic E-state index is 9.36. The van der Waals surface area contributed by atoms with E-state index in [9.17, 15) is 5.48 Å². The largest absolute Gasteiger partial charge is 0.510 e. The Labute approximate surface area is 502 Å². The molecule has 0 saturated carbocycles. The molecule has 14 aromatic rings. The van der Waals surface area contributed by atoms with Crippen LogP contribution in [-0.2, 0) is 26.5 Å². The van der Waals surface area contributed by atoms with Gasteiger partial charge in [-0.3, -0.25) is 4.57 Å². The topological polar surface area (TPSA) is 67.5 Å². The Kier molecular flexibility index (Phi) is 9.31. The van der Waals surface area contributed by atoms with Gasteiger partial charge in [0.2, 0.25) is 0 Å². The first kappa shape index (κ1) is 39.6. The van der Waals surface area contributed by atoms with Crippen LogP contribution < -0.4 is 35.2 Å². The van der Waals surface area contributed by atoms with Crippen LogP contribution in [0.2, 0.25) is 0 Å². The third kappa shape index (κ3) is 8.01. The van der Waals surface area contributed by atoms with Crippen LogP contribution >= 0.6 is 0 Å². The van der Waals surface area contributed by atoms with Crippen molar-refractivity contribution in [2.75, 3.05) is 0 Å². The number of ether oxygens (including phenoxy) is 3. The fraction of sp³-hybridized carbons (Fsp3) is 0.0556. The molecule has 0 atom stereocenters. The molecule has 0 spiro atoms. The normalized spacial score (nSPS) is 14.1. The fourth-order valence-electron chi connectivity index (χ4n) is 11.6. The van der Waals surface area contributed by atoms with Crippen molar-refractivity contribution in [3.05, 3.63) is 254 Å².